The van der Waals surface area contributed by atoms with Gasteiger partial charge in [-0.05, 0) is 40.4 Å². The highest BCUT2D eigenvalue weighted by molar-refractivity contribution is 7.55. The van der Waals surface area contributed by atoms with Crippen LogP contribution in [-0.4, -0.2) is 38.6 Å². The summed E-state index contributed by atoms with van der Waals surface area (Å²) in [5, 5.41) is 8.29. The van der Waals surface area contributed by atoms with Crippen molar-refractivity contribution in [2.75, 3.05) is 14.2 Å². The summed E-state index contributed by atoms with van der Waals surface area (Å²) < 4.78 is 27.6. The third-order valence-corrected chi connectivity index (χ3v) is 5.44. The molecule has 0 aromatic carbocycles. The molecular weight excluding hydrogens is 283 g/mol. The van der Waals surface area contributed by atoms with Crippen molar-refractivity contribution in [1.29, 1.82) is 0 Å². The van der Waals surface area contributed by atoms with Crippen LogP contribution in [0.4, 0.5) is 0 Å². The minimum absolute atomic E-state index is 0.735. The van der Waals surface area contributed by atoms with E-state index in [0.717, 1.165) is 0 Å². The molecule has 1 atom stereocenters. The molecule has 0 heterocycles. The third-order valence-electron chi connectivity index (χ3n) is 2.18. The first-order valence-corrected chi connectivity index (χ1v) is 10.9. The van der Waals surface area contributed by atoms with Gasteiger partial charge in [0.1, 0.15) is 5.60 Å². The van der Waals surface area contributed by atoms with Crippen LogP contribution in [0.5, 0.6) is 0 Å². The van der Waals surface area contributed by atoms with E-state index in [1.54, 1.807) is 13.8 Å². The first kappa shape index (κ1) is 18.8. The molecule has 0 aliphatic rings. The maximum atomic E-state index is 12.1. The molecule has 0 bridgehead atoms. The van der Waals surface area contributed by atoms with Crippen LogP contribution >= 0.6 is 7.60 Å². The van der Waals surface area contributed by atoms with Crippen molar-refractivity contribution in [2.24, 2.45) is 0 Å². The zero-order chi connectivity index (χ0) is 15.5. The average Bonchev–Trinajstić information content (AvgIpc) is 2.22. The van der Waals surface area contributed by atoms with E-state index >= 15 is 0 Å². The standard InChI is InChI=1S/C12H25O5PSi/c1-11(2,17-19(6,7)8)9-10-12(3,13)18(14,15-4)16-5/h13H,1-8H3/t12-/m1/s1. The zero-order valence-corrected chi connectivity index (χ0v) is 14.9. The lowest BCUT2D eigenvalue weighted by Crippen LogP contribution is -2.38. The van der Waals surface area contributed by atoms with E-state index in [0.29, 0.717) is 0 Å². The van der Waals surface area contributed by atoms with Gasteiger partial charge in [-0.3, -0.25) is 4.57 Å². The van der Waals surface area contributed by atoms with Crippen LogP contribution in [0.15, 0.2) is 0 Å². The van der Waals surface area contributed by atoms with Gasteiger partial charge in [-0.2, -0.15) is 0 Å². The Bertz CT molecular complexity index is 406. The second kappa shape index (κ2) is 6.09. The fraction of sp³-hybridized carbons (Fsp3) is 0.833. The summed E-state index contributed by atoms with van der Waals surface area (Å²) in [5.41, 5.74) is -0.735. The van der Waals surface area contributed by atoms with E-state index in [1.807, 2.05) is 19.6 Å². The Morgan fingerprint density at radius 1 is 1.05 bits per heavy atom. The van der Waals surface area contributed by atoms with Gasteiger partial charge in [0.15, 0.2) is 8.32 Å². The quantitative estimate of drug-likeness (QED) is 0.480. The second-order valence-electron chi connectivity index (χ2n) is 5.86. The summed E-state index contributed by atoms with van der Waals surface area (Å²) in [7, 11) is -3.03. The predicted octanol–water partition coefficient (Wildman–Crippen LogP) is 2.81. The predicted molar refractivity (Wildman–Crippen MR) is 78.5 cm³/mol. The van der Waals surface area contributed by atoms with Crippen LogP contribution in [-0.2, 0) is 18.0 Å². The zero-order valence-electron chi connectivity index (χ0n) is 13.0. The molecular formula is C12H25O5PSi. The van der Waals surface area contributed by atoms with E-state index in [-0.39, 0.29) is 0 Å². The molecule has 0 unspecified atom stereocenters. The van der Waals surface area contributed by atoms with Crippen molar-refractivity contribution in [3.63, 3.8) is 0 Å². The molecule has 0 fully saturated rings. The minimum atomic E-state index is -3.68. The summed E-state index contributed by atoms with van der Waals surface area (Å²) in [6, 6.07) is 0. The molecule has 7 heteroatoms. The van der Waals surface area contributed by atoms with Crippen molar-refractivity contribution in [3.05, 3.63) is 0 Å². The molecule has 1 N–H and O–H groups in total. The van der Waals surface area contributed by atoms with Gasteiger partial charge in [-0.25, -0.2) is 0 Å². The summed E-state index contributed by atoms with van der Waals surface area (Å²) in [6.45, 7) is 11.0. The van der Waals surface area contributed by atoms with Crippen LogP contribution < -0.4 is 0 Å². The molecule has 0 spiro atoms. The first-order chi connectivity index (χ1) is 8.29. The third kappa shape index (κ3) is 5.78. The lowest BCUT2D eigenvalue weighted by molar-refractivity contribution is 0.137. The molecule has 0 saturated heterocycles. The smallest absolute Gasteiger partial charge is 0.373 e. The highest BCUT2D eigenvalue weighted by Gasteiger charge is 2.44. The highest BCUT2D eigenvalue weighted by atomic mass is 31.2. The molecule has 19 heavy (non-hydrogen) atoms. The molecule has 0 aliphatic heterocycles. The van der Waals surface area contributed by atoms with Gasteiger partial charge in [0.05, 0.1) is 0 Å². The van der Waals surface area contributed by atoms with E-state index in [9.17, 15) is 9.67 Å². The monoisotopic (exact) mass is 308 g/mol. The SMILES string of the molecule is COP(=O)(OC)[C@@](C)(O)C#CC(C)(C)O[Si](C)(C)C. The fourth-order valence-corrected chi connectivity index (χ4v) is 4.19. The molecule has 0 aliphatic carbocycles. The number of hydrogen-bond donors (Lipinski definition) is 1. The number of hydrogen-bond acceptors (Lipinski definition) is 5. The normalized spacial score (nSPS) is 16.5. The lowest BCUT2D eigenvalue weighted by atomic mass is 10.1. The van der Waals surface area contributed by atoms with Gasteiger partial charge in [0, 0.05) is 14.2 Å². The molecule has 112 valence electrons. The van der Waals surface area contributed by atoms with Crippen molar-refractivity contribution in [3.8, 4) is 11.8 Å². The fourth-order valence-electron chi connectivity index (χ4n) is 1.56. The molecule has 0 aromatic rings. The Kier molecular flexibility index (Phi) is 6.04. The molecule has 0 rings (SSSR count). The van der Waals surface area contributed by atoms with E-state index in [1.165, 1.54) is 21.1 Å². The van der Waals surface area contributed by atoms with Crippen molar-refractivity contribution < 1.29 is 23.1 Å². The Morgan fingerprint density at radius 3 is 1.79 bits per heavy atom. The maximum absolute atomic E-state index is 12.1. The molecule has 5 nitrogen and oxygen atoms in total. The molecule has 0 saturated carbocycles. The summed E-state index contributed by atoms with van der Waals surface area (Å²) in [4.78, 5) is 0. The van der Waals surface area contributed by atoms with Crippen molar-refractivity contribution >= 4 is 15.9 Å². The van der Waals surface area contributed by atoms with Gasteiger partial charge >= 0.3 is 7.60 Å². The van der Waals surface area contributed by atoms with Gasteiger partial charge < -0.3 is 18.6 Å². The Labute approximate surface area is 117 Å². The van der Waals surface area contributed by atoms with Crippen molar-refractivity contribution in [2.45, 2.75) is 51.4 Å². The largest absolute Gasteiger partial charge is 0.402 e. The second-order valence-corrected chi connectivity index (χ2v) is 12.9. The summed E-state index contributed by atoms with van der Waals surface area (Å²) in [5.74, 6) is 5.36. The first-order valence-electron chi connectivity index (χ1n) is 5.97. The van der Waals surface area contributed by atoms with Crippen molar-refractivity contribution in [1.82, 2.24) is 0 Å². The van der Waals surface area contributed by atoms with Gasteiger partial charge in [-0.1, -0.05) is 11.8 Å². The van der Waals surface area contributed by atoms with Crippen LogP contribution in [0, 0.1) is 11.8 Å². The van der Waals surface area contributed by atoms with Crippen LogP contribution in [0.1, 0.15) is 20.8 Å². The number of aliphatic hydroxyl groups is 1. The highest BCUT2D eigenvalue weighted by Crippen LogP contribution is 2.57. The van der Waals surface area contributed by atoms with E-state index in [4.69, 9.17) is 13.5 Å². The minimum Gasteiger partial charge on any atom is -0.402 e. The molecule has 0 radical (unpaired) electrons. The Hall–Kier alpha value is -0.153. The van der Waals surface area contributed by atoms with Crippen LogP contribution in [0.25, 0.3) is 0 Å². The number of rotatable bonds is 5. The Balaban J connectivity index is 5.25. The van der Waals surface area contributed by atoms with E-state index < -0.39 is 26.9 Å². The Morgan fingerprint density at radius 2 is 1.47 bits per heavy atom. The van der Waals surface area contributed by atoms with E-state index in [2.05, 4.69) is 11.8 Å². The summed E-state index contributed by atoms with van der Waals surface area (Å²) in [6.07, 6.45) is 0. The molecule has 0 aromatic heterocycles. The lowest BCUT2D eigenvalue weighted by Gasteiger charge is -2.30. The maximum Gasteiger partial charge on any atom is 0.373 e. The van der Waals surface area contributed by atoms with Crippen LogP contribution in [0.3, 0.4) is 0 Å². The topological polar surface area (TPSA) is 65.0 Å². The van der Waals surface area contributed by atoms with Gasteiger partial charge in [0.2, 0.25) is 5.34 Å². The average molecular weight is 308 g/mol. The van der Waals surface area contributed by atoms with Gasteiger partial charge in [-0.15, -0.1) is 0 Å². The summed E-state index contributed by atoms with van der Waals surface area (Å²) >= 11 is 0. The van der Waals surface area contributed by atoms with Crippen LogP contribution in [0.2, 0.25) is 19.6 Å². The molecule has 0 amide bonds. The van der Waals surface area contributed by atoms with Gasteiger partial charge in [0.25, 0.3) is 0 Å².